The number of hydrogen-bond donors (Lipinski definition) is 0. The highest BCUT2D eigenvalue weighted by Crippen LogP contribution is 2.46. The predicted molar refractivity (Wildman–Crippen MR) is 295 cm³/mol. The van der Waals surface area contributed by atoms with Gasteiger partial charge in [0.15, 0.2) is 0 Å². The summed E-state index contributed by atoms with van der Waals surface area (Å²) in [6.45, 7) is 0. The van der Waals surface area contributed by atoms with Crippen molar-refractivity contribution in [1.29, 1.82) is 0 Å². The van der Waals surface area contributed by atoms with Crippen molar-refractivity contribution in [3.8, 4) is 33.6 Å². The van der Waals surface area contributed by atoms with Crippen LogP contribution < -0.4 is 9.80 Å². The van der Waals surface area contributed by atoms with Gasteiger partial charge in [-0.25, -0.2) is 0 Å². The third-order valence-corrected chi connectivity index (χ3v) is 13.6. The monoisotopic (exact) mass is 894 g/mol. The summed E-state index contributed by atoms with van der Waals surface area (Å²) in [6.07, 6.45) is 0. The van der Waals surface area contributed by atoms with Crippen LogP contribution in [-0.2, 0) is 0 Å². The molecule has 0 saturated carbocycles. The smallest absolute Gasteiger partial charge is 0.0553 e. The van der Waals surface area contributed by atoms with Crippen molar-refractivity contribution in [3.05, 3.63) is 279 Å². The van der Waals surface area contributed by atoms with Gasteiger partial charge in [0.25, 0.3) is 0 Å². The first-order valence-corrected chi connectivity index (χ1v) is 23.9. The van der Waals surface area contributed by atoms with E-state index in [1.54, 1.807) is 0 Å². The highest BCUT2D eigenvalue weighted by molar-refractivity contribution is 6.20. The summed E-state index contributed by atoms with van der Waals surface area (Å²) < 4.78 is 4.85. The molecule has 2 aromatic heterocycles. The van der Waals surface area contributed by atoms with Gasteiger partial charge < -0.3 is 18.9 Å². The third kappa shape index (κ3) is 7.01. The minimum Gasteiger partial charge on any atom is -0.311 e. The van der Waals surface area contributed by atoms with Gasteiger partial charge in [0.1, 0.15) is 0 Å². The van der Waals surface area contributed by atoms with Crippen LogP contribution in [0.3, 0.4) is 0 Å². The average Bonchev–Trinajstić information content (AvgIpc) is 3.96. The molecule has 0 saturated heterocycles. The summed E-state index contributed by atoms with van der Waals surface area (Å²) in [5.41, 5.74) is 18.1. The molecule has 4 nitrogen and oxygen atoms in total. The van der Waals surface area contributed by atoms with Gasteiger partial charge in [0.2, 0.25) is 0 Å². The van der Waals surface area contributed by atoms with Gasteiger partial charge in [-0.2, -0.15) is 0 Å². The Morgan fingerprint density at radius 3 is 1.14 bits per heavy atom. The zero-order valence-corrected chi connectivity index (χ0v) is 38.3. The second-order valence-corrected chi connectivity index (χ2v) is 17.7. The summed E-state index contributed by atoms with van der Waals surface area (Å²) in [5.74, 6) is 0. The van der Waals surface area contributed by atoms with Crippen molar-refractivity contribution >= 4 is 77.7 Å². The summed E-state index contributed by atoms with van der Waals surface area (Å²) in [4.78, 5) is 4.68. The van der Waals surface area contributed by atoms with Crippen LogP contribution in [0.15, 0.2) is 279 Å². The Labute approximate surface area is 407 Å². The fourth-order valence-corrected chi connectivity index (χ4v) is 10.6. The van der Waals surface area contributed by atoms with E-state index in [9.17, 15) is 0 Å². The van der Waals surface area contributed by atoms with Crippen molar-refractivity contribution in [2.75, 3.05) is 9.80 Å². The van der Waals surface area contributed by atoms with Crippen LogP contribution in [0.25, 0.3) is 77.2 Å². The standard InChI is InChI=1S/C66H46N4/c1-6-23-49(24-7-1)67(50-25-8-2-9-26-50)54-40-42-55(43-41-54)68(51-27-10-3-11-28-51)56-33-20-22-47(44-56)60-45-48(46-64-66(60)59-35-17-19-38-62(59)70(64)53-31-14-5-15-32-53)57-36-21-39-63-65(57)58-34-16-18-37-61(58)69(63)52-29-12-4-13-30-52/h1-46H. The van der Waals surface area contributed by atoms with Crippen LogP contribution in [0.5, 0.6) is 0 Å². The molecule has 0 unspecified atom stereocenters. The van der Waals surface area contributed by atoms with E-state index in [0.717, 1.165) is 62.1 Å². The first-order chi connectivity index (χ1) is 34.8. The Bertz CT molecular complexity index is 3930. The van der Waals surface area contributed by atoms with Gasteiger partial charge in [-0.15, -0.1) is 0 Å². The molecule has 0 fully saturated rings. The van der Waals surface area contributed by atoms with Crippen LogP contribution in [0, 0.1) is 0 Å². The van der Waals surface area contributed by atoms with Crippen LogP contribution in [-0.4, -0.2) is 9.13 Å². The Balaban J connectivity index is 1.03. The van der Waals surface area contributed by atoms with Gasteiger partial charge >= 0.3 is 0 Å². The fraction of sp³-hybridized carbons (Fsp3) is 0. The quantitative estimate of drug-likeness (QED) is 0.136. The molecular weight excluding hydrogens is 849 g/mol. The number of anilines is 6. The van der Waals surface area contributed by atoms with E-state index in [1.807, 2.05) is 0 Å². The van der Waals surface area contributed by atoms with Gasteiger partial charge in [0.05, 0.1) is 22.1 Å². The lowest BCUT2D eigenvalue weighted by atomic mass is 9.92. The van der Waals surface area contributed by atoms with Gasteiger partial charge in [-0.1, -0.05) is 152 Å². The minimum absolute atomic E-state index is 1.06. The van der Waals surface area contributed by atoms with Gasteiger partial charge in [-0.05, 0) is 150 Å². The van der Waals surface area contributed by atoms with E-state index in [0.29, 0.717) is 0 Å². The summed E-state index contributed by atoms with van der Waals surface area (Å²) in [6, 6.07) is 101. The summed E-state index contributed by atoms with van der Waals surface area (Å²) in [5, 5.41) is 4.89. The molecule has 0 aliphatic heterocycles. The van der Waals surface area contributed by atoms with Crippen molar-refractivity contribution < 1.29 is 0 Å². The van der Waals surface area contributed by atoms with Crippen LogP contribution >= 0.6 is 0 Å². The molecular formula is C66H46N4. The van der Waals surface area contributed by atoms with Crippen LogP contribution in [0.4, 0.5) is 34.1 Å². The lowest BCUT2D eigenvalue weighted by molar-refractivity contribution is 1.18. The van der Waals surface area contributed by atoms with E-state index in [1.165, 1.54) is 49.2 Å². The number of benzene rings is 11. The predicted octanol–water partition coefficient (Wildman–Crippen LogP) is 18.2. The Morgan fingerprint density at radius 1 is 0.229 bits per heavy atom. The van der Waals surface area contributed by atoms with Crippen LogP contribution in [0.1, 0.15) is 0 Å². The fourth-order valence-electron chi connectivity index (χ4n) is 10.6. The number of rotatable bonds is 10. The highest BCUT2D eigenvalue weighted by Gasteiger charge is 2.23. The molecule has 13 aromatic rings. The number of para-hydroxylation sites is 7. The molecule has 2 heterocycles. The normalized spacial score (nSPS) is 11.4. The molecule has 0 spiro atoms. The van der Waals surface area contributed by atoms with Crippen molar-refractivity contribution in [2.24, 2.45) is 0 Å². The maximum absolute atomic E-state index is 2.45. The molecule has 70 heavy (non-hydrogen) atoms. The lowest BCUT2D eigenvalue weighted by Crippen LogP contribution is -2.12. The van der Waals surface area contributed by atoms with Gasteiger partial charge in [0, 0.05) is 67.0 Å². The maximum atomic E-state index is 2.45. The molecule has 0 amide bonds. The molecule has 0 bridgehead atoms. The largest absolute Gasteiger partial charge is 0.311 e. The molecule has 0 aliphatic rings. The molecule has 330 valence electrons. The summed E-state index contributed by atoms with van der Waals surface area (Å²) in [7, 11) is 0. The topological polar surface area (TPSA) is 16.3 Å². The first-order valence-electron chi connectivity index (χ1n) is 23.9. The Kier molecular flexibility index (Phi) is 10.1. The van der Waals surface area contributed by atoms with E-state index in [-0.39, 0.29) is 0 Å². The number of fused-ring (bicyclic) bond motifs is 6. The maximum Gasteiger partial charge on any atom is 0.0553 e. The Morgan fingerprint density at radius 2 is 0.614 bits per heavy atom. The summed E-state index contributed by atoms with van der Waals surface area (Å²) >= 11 is 0. The third-order valence-electron chi connectivity index (χ3n) is 13.6. The molecule has 13 rings (SSSR count). The minimum atomic E-state index is 1.06. The Hall–Kier alpha value is -9.38. The van der Waals surface area contributed by atoms with Crippen molar-refractivity contribution in [2.45, 2.75) is 0 Å². The van der Waals surface area contributed by atoms with Crippen LogP contribution in [0.2, 0.25) is 0 Å². The first kappa shape index (κ1) is 40.9. The molecule has 0 N–H and O–H groups in total. The highest BCUT2D eigenvalue weighted by atomic mass is 15.2. The molecule has 0 atom stereocenters. The zero-order valence-electron chi connectivity index (χ0n) is 38.3. The van der Waals surface area contributed by atoms with E-state index < -0.39 is 0 Å². The molecule has 0 aliphatic carbocycles. The zero-order chi connectivity index (χ0) is 46.4. The number of aromatic nitrogens is 2. The van der Waals surface area contributed by atoms with E-state index in [4.69, 9.17) is 0 Å². The molecule has 4 heteroatoms. The van der Waals surface area contributed by atoms with Crippen molar-refractivity contribution in [1.82, 2.24) is 9.13 Å². The second-order valence-electron chi connectivity index (χ2n) is 17.7. The average molecular weight is 895 g/mol. The second kappa shape index (κ2) is 17.4. The molecule has 0 radical (unpaired) electrons. The van der Waals surface area contributed by atoms with E-state index >= 15 is 0 Å². The number of hydrogen-bond acceptors (Lipinski definition) is 2. The van der Waals surface area contributed by atoms with Crippen molar-refractivity contribution in [3.63, 3.8) is 0 Å². The SMILES string of the molecule is c1ccc(N(c2ccccc2)c2ccc(N(c3ccccc3)c3cccc(-c4cc(-c5cccc6c5c5ccccc5n6-c5ccccc5)cc5c4c4ccccc4n5-c4ccccc4)c3)cc2)cc1. The van der Waals surface area contributed by atoms with E-state index in [2.05, 4.69) is 298 Å². The molecule has 11 aromatic carbocycles. The van der Waals surface area contributed by atoms with Gasteiger partial charge in [-0.3, -0.25) is 0 Å². The lowest BCUT2D eigenvalue weighted by Gasteiger charge is -2.28. The number of nitrogens with zero attached hydrogens (tertiary/aromatic N) is 4.